The van der Waals surface area contributed by atoms with E-state index in [1.807, 2.05) is 25.1 Å². The van der Waals surface area contributed by atoms with Crippen molar-refractivity contribution in [2.75, 3.05) is 38.0 Å². The van der Waals surface area contributed by atoms with Crippen molar-refractivity contribution in [3.8, 4) is 0 Å². The average molecular weight is 313 g/mol. The summed E-state index contributed by atoms with van der Waals surface area (Å²) >= 11 is 0. The summed E-state index contributed by atoms with van der Waals surface area (Å²) in [6.45, 7) is 6.38. The zero-order valence-electron chi connectivity index (χ0n) is 13.5. The highest BCUT2D eigenvalue weighted by Crippen LogP contribution is 2.19. The van der Waals surface area contributed by atoms with Crippen molar-refractivity contribution in [1.29, 1.82) is 0 Å². The summed E-state index contributed by atoms with van der Waals surface area (Å²) < 4.78 is 27.7. The maximum Gasteiger partial charge on any atom is 0.303 e. The first kappa shape index (κ1) is 17.9. The first-order valence-corrected chi connectivity index (χ1v) is 8.77. The second-order valence-electron chi connectivity index (χ2n) is 5.24. The van der Waals surface area contributed by atoms with Crippen LogP contribution >= 0.6 is 0 Å². The van der Waals surface area contributed by atoms with E-state index in [1.165, 1.54) is 8.61 Å². The van der Waals surface area contributed by atoms with Gasteiger partial charge >= 0.3 is 10.2 Å². The first-order chi connectivity index (χ1) is 9.89. The Kier molecular flexibility index (Phi) is 7.14. The van der Waals surface area contributed by atoms with Crippen molar-refractivity contribution < 1.29 is 8.42 Å². The van der Waals surface area contributed by atoms with Gasteiger partial charge in [-0.1, -0.05) is 19.1 Å². The van der Waals surface area contributed by atoms with E-state index in [0.717, 1.165) is 31.5 Å². The Balaban J connectivity index is 2.62. The van der Waals surface area contributed by atoms with Crippen molar-refractivity contribution in [2.24, 2.45) is 0 Å². The molecule has 1 aromatic carbocycles. The van der Waals surface area contributed by atoms with Gasteiger partial charge in [0.25, 0.3) is 0 Å². The number of nitrogens with zero attached hydrogens (tertiary/aromatic N) is 2. The number of hydrogen-bond acceptors (Lipinski definition) is 3. The molecule has 21 heavy (non-hydrogen) atoms. The highest BCUT2D eigenvalue weighted by Gasteiger charge is 2.23. The van der Waals surface area contributed by atoms with Crippen LogP contribution in [0.2, 0.25) is 0 Å². The van der Waals surface area contributed by atoms with E-state index in [2.05, 4.69) is 12.2 Å². The minimum absolute atomic E-state index is 0.509. The van der Waals surface area contributed by atoms with Gasteiger partial charge < -0.3 is 5.32 Å². The molecule has 0 unspecified atom stereocenters. The number of aryl methyl sites for hydroxylation is 1. The van der Waals surface area contributed by atoms with Crippen molar-refractivity contribution >= 4 is 15.9 Å². The number of hydrogen-bond donors (Lipinski definition) is 1. The Hall–Kier alpha value is -1.11. The second kappa shape index (κ2) is 8.36. The predicted molar refractivity (Wildman–Crippen MR) is 88.9 cm³/mol. The fraction of sp³-hybridized carbons (Fsp3) is 0.600. The largest absolute Gasteiger partial charge is 0.317 e. The van der Waals surface area contributed by atoms with Crippen LogP contribution in [0.3, 0.4) is 0 Å². The number of nitrogens with one attached hydrogen (secondary N) is 1. The molecule has 0 saturated heterocycles. The van der Waals surface area contributed by atoms with E-state index in [0.29, 0.717) is 12.2 Å². The molecule has 0 heterocycles. The van der Waals surface area contributed by atoms with E-state index in [-0.39, 0.29) is 0 Å². The van der Waals surface area contributed by atoms with E-state index in [9.17, 15) is 8.42 Å². The summed E-state index contributed by atoms with van der Waals surface area (Å²) in [4.78, 5) is 0. The van der Waals surface area contributed by atoms with Gasteiger partial charge in [-0.2, -0.15) is 12.7 Å². The lowest BCUT2D eigenvalue weighted by molar-refractivity contribution is 0.453. The summed E-state index contributed by atoms with van der Waals surface area (Å²) in [5.74, 6) is 0. The molecule has 0 aliphatic carbocycles. The summed E-state index contributed by atoms with van der Waals surface area (Å²) in [5, 5.41) is 3.28. The number of anilines is 1. The third-order valence-corrected chi connectivity index (χ3v) is 5.23. The average Bonchev–Trinajstić information content (AvgIpc) is 2.45. The van der Waals surface area contributed by atoms with Gasteiger partial charge in [0.05, 0.1) is 5.69 Å². The fourth-order valence-corrected chi connectivity index (χ4v) is 3.17. The first-order valence-electron chi connectivity index (χ1n) is 7.37. The molecule has 0 saturated carbocycles. The van der Waals surface area contributed by atoms with E-state index in [1.54, 1.807) is 20.2 Å². The van der Waals surface area contributed by atoms with Crippen LogP contribution in [0.15, 0.2) is 24.3 Å². The smallest absolute Gasteiger partial charge is 0.303 e. The molecule has 120 valence electrons. The summed E-state index contributed by atoms with van der Waals surface area (Å²) in [5.41, 5.74) is 1.73. The van der Waals surface area contributed by atoms with E-state index < -0.39 is 10.2 Å². The fourth-order valence-electron chi connectivity index (χ4n) is 2.01. The predicted octanol–water partition coefficient (Wildman–Crippen LogP) is 2.00. The lowest BCUT2D eigenvalue weighted by atomic mass is 10.2. The number of benzene rings is 1. The molecule has 0 atom stereocenters. The molecule has 0 spiro atoms. The molecule has 1 rings (SSSR count). The molecule has 1 aromatic rings. The van der Waals surface area contributed by atoms with E-state index >= 15 is 0 Å². The Labute approximate surface area is 129 Å². The van der Waals surface area contributed by atoms with Crippen molar-refractivity contribution in [1.82, 2.24) is 9.62 Å². The molecule has 0 aliphatic rings. The third kappa shape index (κ3) is 5.30. The Morgan fingerprint density at radius 2 is 1.90 bits per heavy atom. The van der Waals surface area contributed by atoms with Gasteiger partial charge in [-0.3, -0.25) is 4.31 Å². The van der Waals surface area contributed by atoms with Gasteiger partial charge in [-0.25, -0.2) is 0 Å². The van der Waals surface area contributed by atoms with E-state index in [4.69, 9.17) is 0 Å². The SMILES string of the molecule is CCCNCCCN(C)S(=O)(=O)N(C)c1cccc(C)c1. The van der Waals surface area contributed by atoms with Gasteiger partial charge in [0.1, 0.15) is 0 Å². The lowest BCUT2D eigenvalue weighted by Gasteiger charge is -2.26. The van der Waals surface area contributed by atoms with Crippen LogP contribution in [0.4, 0.5) is 5.69 Å². The molecule has 0 fully saturated rings. The Bertz CT molecular complexity index is 531. The van der Waals surface area contributed by atoms with Gasteiger partial charge in [0, 0.05) is 20.6 Å². The zero-order chi connectivity index (χ0) is 15.9. The maximum absolute atomic E-state index is 12.5. The highest BCUT2D eigenvalue weighted by atomic mass is 32.2. The molecular formula is C15H27N3O2S. The summed E-state index contributed by atoms with van der Waals surface area (Å²) in [7, 11) is -0.243. The molecule has 1 N–H and O–H groups in total. The molecule has 0 bridgehead atoms. The topological polar surface area (TPSA) is 52.7 Å². The van der Waals surface area contributed by atoms with Crippen LogP contribution in [0.1, 0.15) is 25.3 Å². The minimum atomic E-state index is -3.46. The molecule has 0 amide bonds. The molecular weight excluding hydrogens is 286 g/mol. The van der Waals surface area contributed by atoms with Gasteiger partial charge in [-0.05, 0) is 50.6 Å². The van der Waals surface area contributed by atoms with Gasteiger partial charge in [0.15, 0.2) is 0 Å². The van der Waals surface area contributed by atoms with Crippen LogP contribution < -0.4 is 9.62 Å². The molecule has 0 aromatic heterocycles. The molecule has 0 aliphatic heterocycles. The molecule has 5 nitrogen and oxygen atoms in total. The number of rotatable bonds is 9. The standard InChI is InChI=1S/C15H27N3O2S/c1-5-10-16-11-7-12-17(3)21(19,20)18(4)15-9-6-8-14(2)13-15/h6,8-9,13,16H,5,7,10-12H2,1-4H3. The zero-order valence-corrected chi connectivity index (χ0v) is 14.3. The summed E-state index contributed by atoms with van der Waals surface area (Å²) in [6.07, 6.45) is 1.89. The molecule has 0 radical (unpaired) electrons. The van der Waals surface area contributed by atoms with Crippen molar-refractivity contribution in [3.05, 3.63) is 29.8 Å². The second-order valence-corrected chi connectivity index (χ2v) is 7.31. The van der Waals surface area contributed by atoms with Gasteiger partial charge in [0.2, 0.25) is 0 Å². The molecule has 6 heteroatoms. The van der Waals surface area contributed by atoms with Crippen LogP contribution in [-0.4, -0.2) is 46.5 Å². The van der Waals surface area contributed by atoms with Crippen LogP contribution in [-0.2, 0) is 10.2 Å². The van der Waals surface area contributed by atoms with Gasteiger partial charge in [-0.15, -0.1) is 0 Å². The van der Waals surface area contributed by atoms with Crippen LogP contribution in [0.25, 0.3) is 0 Å². The highest BCUT2D eigenvalue weighted by molar-refractivity contribution is 7.90. The lowest BCUT2D eigenvalue weighted by Crippen LogP contribution is -2.40. The maximum atomic E-state index is 12.5. The minimum Gasteiger partial charge on any atom is -0.317 e. The van der Waals surface area contributed by atoms with Crippen molar-refractivity contribution in [2.45, 2.75) is 26.7 Å². The van der Waals surface area contributed by atoms with Crippen molar-refractivity contribution in [3.63, 3.8) is 0 Å². The van der Waals surface area contributed by atoms with Crippen LogP contribution in [0, 0.1) is 6.92 Å². The Morgan fingerprint density at radius 1 is 1.19 bits per heavy atom. The monoisotopic (exact) mass is 313 g/mol. The third-order valence-electron chi connectivity index (χ3n) is 3.36. The quantitative estimate of drug-likeness (QED) is 0.710. The normalized spacial score (nSPS) is 11.9. The van der Waals surface area contributed by atoms with Crippen LogP contribution in [0.5, 0.6) is 0 Å². The summed E-state index contributed by atoms with van der Waals surface area (Å²) in [6, 6.07) is 7.49. The Morgan fingerprint density at radius 3 is 2.52 bits per heavy atom.